The molecule has 2 fully saturated rings. The smallest absolute Gasteiger partial charge is 0.341 e. The van der Waals surface area contributed by atoms with Gasteiger partial charge in [-0.15, -0.1) is 0 Å². The summed E-state index contributed by atoms with van der Waals surface area (Å²) in [7, 11) is 1.39. The molecule has 55 heavy (non-hydrogen) atoms. The SMILES string of the molecule is COC(=O)c1cc(C2CC2)cnc1Nc1ccc2[nH]ccc2c1.Cc1cc(C)cc(Cn2ccc3cc(Nc4ncc(C5CC5C)cc4C(=O)O)ccc32)c1. The number of ether oxygens (including phenoxy) is 1. The molecule has 0 spiro atoms. The van der Waals surface area contributed by atoms with Crippen LogP contribution < -0.4 is 10.6 Å². The number of aryl methyl sites for hydroxylation is 2. The molecule has 0 amide bonds. The van der Waals surface area contributed by atoms with Gasteiger partial charge in [0.1, 0.15) is 22.8 Å². The Labute approximate surface area is 319 Å². The number of H-pyrrole nitrogens is 1. The molecule has 10 nitrogen and oxygen atoms in total. The average molecular weight is 733 g/mol. The number of nitrogens with zero attached hydrogens (tertiary/aromatic N) is 3. The van der Waals surface area contributed by atoms with E-state index in [1.807, 2.05) is 61.1 Å². The molecule has 9 rings (SSSR count). The first-order valence-corrected chi connectivity index (χ1v) is 18.7. The van der Waals surface area contributed by atoms with E-state index in [2.05, 4.69) is 87.5 Å². The third kappa shape index (κ3) is 7.94. The van der Waals surface area contributed by atoms with Gasteiger partial charge in [0, 0.05) is 64.5 Å². The first-order valence-electron chi connectivity index (χ1n) is 18.7. The number of nitrogens with one attached hydrogen (secondary N) is 3. The number of hydrogen-bond donors (Lipinski definition) is 4. The van der Waals surface area contributed by atoms with Crippen molar-refractivity contribution >= 4 is 56.8 Å². The number of hydrogen-bond acceptors (Lipinski definition) is 7. The van der Waals surface area contributed by atoms with E-state index in [0.717, 1.165) is 57.3 Å². The Bertz CT molecular complexity index is 2550. The second-order valence-corrected chi connectivity index (χ2v) is 15.0. The predicted molar refractivity (Wildman–Crippen MR) is 217 cm³/mol. The summed E-state index contributed by atoms with van der Waals surface area (Å²) in [4.78, 5) is 36.0. The van der Waals surface area contributed by atoms with Crippen LogP contribution in [-0.4, -0.2) is 43.7 Å². The highest BCUT2D eigenvalue weighted by atomic mass is 16.5. The van der Waals surface area contributed by atoms with Crippen molar-refractivity contribution in [2.45, 2.75) is 58.4 Å². The zero-order valence-electron chi connectivity index (χ0n) is 31.4. The van der Waals surface area contributed by atoms with E-state index in [1.54, 1.807) is 6.07 Å². The Kier molecular flexibility index (Phi) is 9.57. The van der Waals surface area contributed by atoms with E-state index in [1.165, 1.54) is 36.6 Å². The highest BCUT2D eigenvalue weighted by molar-refractivity contribution is 5.96. The number of benzene rings is 3. The van der Waals surface area contributed by atoms with Crippen LogP contribution >= 0.6 is 0 Å². The highest BCUT2D eigenvalue weighted by Crippen LogP contribution is 2.47. The summed E-state index contributed by atoms with van der Waals surface area (Å²) >= 11 is 0. The largest absolute Gasteiger partial charge is 0.478 e. The topological polar surface area (TPSA) is 134 Å². The second-order valence-electron chi connectivity index (χ2n) is 15.0. The molecule has 2 unspecified atom stereocenters. The van der Waals surface area contributed by atoms with E-state index in [0.29, 0.717) is 35.0 Å². The highest BCUT2D eigenvalue weighted by Gasteiger charge is 2.35. The summed E-state index contributed by atoms with van der Waals surface area (Å²) in [6.07, 6.45) is 11.1. The zero-order chi connectivity index (χ0) is 38.2. The third-order valence-electron chi connectivity index (χ3n) is 10.5. The quantitative estimate of drug-likeness (QED) is 0.102. The minimum absolute atomic E-state index is 0.217. The molecule has 0 aliphatic heterocycles. The van der Waals surface area contributed by atoms with Crippen LogP contribution in [0.2, 0.25) is 0 Å². The lowest BCUT2D eigenvalue weighted by Crippen LogP contribution is -2.08. The van der Waals surface area contributed by atoms with Crippen LogP contribution in [0, 0.1) is 19.8 Å². The van der Waals surface area contributed by atoms with Gasteiger partial charge < -0.3 is 30.0 Å². The molecule has 0 bridgehead atoms. The van der Waals surface area contributed by atoms with Gasteiger partial charge in [0.05, 0.1) is 7.11 Å². The van der Waals surface area contributed by atoms with Gasteiger partial charge in [-0.2, -0.15) is 0 Å². The number of carbonyl (C=O) groups excluding carboxylic acids is 1. The first kappa shape index (κ1) is 35.6. The van der Waals surface area contributed by atoms with Crippen LogP contribution in [-0.2, 0) is 11.3 Å². The van der Waals surface area contributed by atoms with Crippen molar-refractivity contribution in [1.29, 1.82) is 0 Å². The maximum Gasteiger partial charge on any atom is 0.341 e. The van der Waals surface area contributed by atoms with Gasteiger partial charge >= 0.3 is 11.9 Å². The molecule has 4 heterocycles. The molecule has 278 valence electrons. The summed E-state index contributed by atoms with van der Waals surface area (Å²) in [5.41, 5.74) is 10.6. The third-order valence-corrected chi connectivity index (χ3v) is 10.5. The maximum atomic E-state index is 12.1. The fourth-order valence-electron chi connectivity index (χ4n) is 7.40. The number of fused-ring (bicyclic) bond motifs is 2. The molecule has 3 aromatic carbocycles. The molecule has 4 aromatic heterocycles. The van der Waals surface area contributed by atoms with Gasteiger partial charge in [-0.05, 0) is 128 Å². The molecule has 2 saturated carbocycles. The molecule has 0 saturated heterocycles. The van der Waals surface area contributed by atoms with Crippen molar-refractivity contribution in [1.82, 2.24) is 19.5 Å². The fraction of sp³-hybridized carbons (Fsp3) is 0.244. The van der Waals surface area contributed by atoms with Crippen molar-refractivity contribution in [2.24, 2.45) is 5.92 Å². The number of rotatable bonds is 10. The number of esters is 1. The van der Waals surface area contributed by atoms with Gasteiger partial charge in [-0.25, -0.2) is 19.6 Å². The Hall–Kier alpha value is -6.42. The number of carboxylic acid groups (broad SMARTS) is 1. The molecular formula is C45H44N6O4. The summed E-state index contributed by atoms with van der Waals surface area (Å²) in [5.74, 6) is 1.15. The molecule has 2 aliphatic rings. The van der Waals surface area contributed by atoms with E-state index in [4.69, 9.17) is 4.74 Å². The van der Waals surface area contributed by atoms with Crippen molar-refractivity contribution in [3.8, 4) is 0 Å². The lowest BCUT2D eigenvalue weighted by Gasteiger charge is -2.11. The zero-order valence-corrected chi connectivity index (χ0v) is 31.4. The monoisotopic (exact) mass is 732 g/mol. The number of aromatic nitrogens is 4. The lowest BCUT2D eigenvalue weighted by molar-refractivity contribution is 0.0600. The van der Waals surface area contributed by atoms with E-state index in [-0.39, 0.29) is 11.5 Å². The van der Waals surface area contributed by atoms with Crippen molar-refractivity contribution < 1.29 is 19.4 Å². The predicted octanol–water partition coefficient (Wildman–Crippen LogP) is 10.2. The summed E-state index contributed by atoms with van der Waals surface area (Å²) in [6.45, 7) is 7.24. The number of aromatic amines is 1. The number of pyridine rings is 2. The molecule has 10 heteroatoms. The van der Waals surface area contributed by atoms with Crippen molar-refractivity contribution in [3.63, 3.8) is 0 Å². The lowest BCUT2D eigenvalue weighted by atomic mass is 10.1. The van der Waals surface area contributed by atoms with Crippen LogP contribution in [0.3, 0.4) is 0 Å². The molecule has 2 aliphatic carbocycles. The standard InChI is InChI=1S/C27H27N3O2.C18H17N3O2/c1-16-8-17(2)10-19(9-16)15-30-7-6-20-12-22(4-5-25(20)30)29-26-24(27(31)32)13-21(14-28-26)23-11-18(23)3;1-23-18(22)15-9-13(11-2-3-11)10-20-17(15)21-14-4-5-16-12(8-14)6-7-19-16/h4-10,12-14,18,23H,11,15H2,1-3H3,(H,28,29)(H,31,32);4-11,19H,2-3H2,1H3,(H,20,21). The molecule has 2 atom stereocenters. The van der Waals surface area contributed by atoms with Crippen LogP contribution in [0.5, 0.6) is 0 Å². The van der Waals surface area contributed by atoms with E-state index < -0.39 is 5.97 Å². The van der Waals surface area contributed by atoms with Gasteiger partial charge in [-0.3, -0.25) is 0 Å². The van der Waals surface area contributed by atoms with Gasteiger partial charge in [0.25, 0.3) is 0 Å². The van der Waals surface area contributed by atoms with Crippen molar-refractivity contribution in [3.05, 3.63) is 143 Å². The minimum Gasteiger partial charge on any atom is -0.478 e. The Balaban J connectivity index is 0.000000164. The van der Waals surface area contributed by atoms with Crippen LogP contribution in [0.1, 0.15) is 86.6 Å². The normalized spacial score (nSPS) is 16.0. The van der Waals surface area contributed by atoms with Gasteiger partial charge in [-0.1, -0.05) is 36.2 Å². The maximum absolute atomic E-state index is 12.1. The Morgan fingerprint density at radius 2 is 1.49 bits per heavy atom. The Morgan fingerprint density at radius 1 is 0.836 bits per heavy atom. The van der Waals surface area contributed by atoms with Crippen LogP contribution in [0.25, 0.3) is 21.8 Å². The number of carboxylic acids is 1. The Morgan fingerprint density at radius 3 is 2.16 bits per heavy atom. The summed E-state index contributed by atoms with van der Waals surface area (Å²) in [5, 5.41) is 18.4. The number of anilines is 4. The van der Waals surface area contributed by atoms with Crippen LogP contribution in [0.4, 0.5) is 23.0 Å². The second kappa shape index (κ2) is 14.8. The number of methoxy groups -OCH3 is 1. The van der Waals surface area contributed by atoms with E-state index in [9.17, 15) is 14.7 Å². The number of aromatic carboxylic acids is 1. The minimum atomic E-state index is -0.962. The first-order chi connectivity index (χ1) is 26.6. The summed E-state index contributed by atoms with van der Waals surface area (Å²) in [6, 6.07) is 26.4. The van der Waals surface area contributed by atoms with Crippen molar-refractivity contribution in [2.75, 3.05) is 17.7 Å². The fourth-order valence-corrected chi connectivity index (χ4v) is 7.40. The van der Waals surface area contributed by atoms with Gasteiger partial charge in [0.2, 0.25) is 0 Å². The van der Waals surface area contributed by atoms with Crippen LogP contribution in [0.15, 0.2) is 104 Å². The summed E-state index contributed by atoms with van der Waals surface area (Å²) < 4.78 is 7.14. The molecule has 4 N–H and O–H groups in total. The number of carbonyl (C=O) groups is 2. The molecule has 0 radical (unpaired) electrons. The van der Waals surface area contributed by atoms with Gasteiger partial charge in [0.15, 0.2) is 0 Å². The average Bonchev–Trinajstić information content (AvgIpc) is 4.07. The molecule has 7 aromatic rings. The van der Waals surface area contributed by atoms with E-state index >= 15 is 0 Å². The molecular weight excluding hydrogens is 689 g/mol.